The summed E-state index contributed by atoms with van der Waals surface area (Å²) in [7, 11) is 0. The zero-order chi connectivity index (χ0) is 24.9. The third-order valence-corrected chi connectivity index (χ3v) is 6.35. The second kappa shape index (κ2) is 14.7. The lowest BCUT2D eigenvalue weighted by Gasteiger charge is -2.30. The molecule has 1 heterocycles. The number of hydrogen-bond acceptors (Lipinski definition) is 6. The number of morpholine rings is 1. The predicted octanol–water partition coefficient (Wildman–Crippen LogP) is 1.45. The number of hydrogen-bond donors (Lipinski definition) is 3. The van der Waals surface area contributed by atoms with Crippen LogP contribution in [0, 0.1) is 11.8 Å². The number of hydroxylamine groups is 2. The zero-order valence-electron chi connectivity index (χ0n) is 20.6. The number of nitrogens with zero attached hydrogens (tertiary/aromatic N) is 2. The first-order valence-corrected chi connectivity index (χ1v) is 12.2. The third-order valence-electron chi connectivity index (χ3n) is 6.35. The molecule has 1 fully saturated rings. The van der Waals surface area contributed by atoms with Crippen molar-refractivity contribution in [3.8, 4) is 0 Å². The molecule has 0 spiro atoms. The molecule has 9 nitrogen and oxygen atoms in total. The van der Waals surface area contributed by atoms with Gasteiger partial charge in [0.15, 0.2) is 0 Å². The van der Waals surface area contributed by atoms with Crippen LogP contribution in [0.3, 0.4) is 0 Å². The van der Waals surface area contributed by atoms with E-state index in [4.69, 9.17) is 4.74 Å². The summed E-state index contributed by atoms with van der Waals surface area (Å²) in [6.07, 6.45) is 2.26. The van der Waals surface area contributed by atoms with Crippen LogP contribution in [0.15, 0.2) is 30.3 Å². The molecule has 0 bridgehead atoms. The van der Waals surface area contributed by atoms with E-state index in [1.165, 1.54) is 0 Å². The van der Waals surface area contributed by atoms with Gasteiger partial charge in [-0.15, -0.1) is 0 Å². The molecule has 0 radical (unpaired) electrons. The maximum absolute atomic E-state index is 13.2. The average molecular weight is 477 g/mol. The molecule has 2 rings (SSSR count). The van der Waals surface area contributed by atoms with Gasteiger partial charge in [0.2, 0.25) is 18.2 Å². The lowest BCUT2D eigenvalue weighted by Crippen LogP contribution is -2.54. The molecule has 1 aromatic rings. The van der Waals surface area contributed by atoms with Crippen molar-refractivity contribution in [1.29, 1.82) is 0 Å². The highest BCUT2D eigenvalue weighted by atomic mass is 16.5. The molecule has 1 aromatic carbocycles. The Morgan fingerprint density at radius 3 is 2.44 bits per heavy atom. The topological polar surface area (TPSA) is 111 Å². The monoisotopic (exact) mass is 476 g/mol. The molecule has 34 heavy (non-hydrogen) atoms. The first-order chi connectivity index (χ1) is 16.3. The molecule has 1 aliphatic rings. The Hall–Kier alpha value is -2.49. The van der Waals surface area contributed by atoms with Crippen molar-refractivity contribution in [2.45, 2.75) is 52.1 Å². The second-order valence-electron chi connectivity index (χ2n) is 9.19. The minimum Gasteiger partial charge on any atom is -0.379 e. The zero-order valence-corrected chi connectivity index (χ0v) is 20.6. The van der Waals surface area contributed by atoms with Crippen molar-refractivity contribution < 1.29 is 24.3 Å². The highest BCUT2D eigenvalue weighted by molar-refractivity contribution is 5.89. The maximum atomic E-state index is 13.2. The molecule has 0 aliphatic carbocycles. The first kappa shape index (κ1) is 27.8. The van der Waals surface area contributed by atoms with E-state index >= 15 is 0 Å². The van der Waals surface area contributed by atoms with Gasteiger partial charge in [0, 0.05) is 26.2 Å². The van der Waals surface area contributed by atoms with Crippen LogP contribution in [0.4, 0.5) is 0 Å². The number of ether oxygens (including phenoxy) is 1. The molecule has 1 aliphatic heterocycles. The van der Waals surface area contributed by atoms with Crippen molar-refractivity contribution in [2.75, 3.05) is 39.4 Å². The highest BCUT2D eigenvalue weighted by Crippen LogP contribution is 2.19. The van der Waals surface area contributed by atoms with E-state index in [1.807, 2.05) is 44.2 Å². The molecule has 0 saturated carbocycles. The molecule has 3 amide bonds. The van der Waals surface area contributed by atoms with Crippen molar-refractivity contribution in [1.82, 2.24) is 20.6 Å². The summed E-state index contributed by atoms with van der Waals surface area (Å²) in [4.78, 5) is 39.4. The molecule has 3 atom stereocenters. The van der Waals surface area contributed by atoms with Gasteiger partial charge in [-0.05, 0) is 37.7 Å². The number of nitrogens with one attached hydrogen (secondary N) is 2. The van der Waals surface area contributed by atoms with Crippen LogP contribution in [0.5, 0.6) is 0 Å². The van der Waals surface area contributed by atoms with Crippen LogP contribution in [0.25, 0.3) is 0 Å². The summed E-state index contributed by atoms with van der Waals surface area (Å²) in [6.45, 7) is 9.70. The fraction of sp³-hybridized carbons (Fsp3) is 0.640. The average Bonchev–Trinajstić information content (AvgIpc) is 2.85. The minimum absolute atomic E-state index is 0.121. The van der Waals surface area contributed by atoms with Crippen LogP contribution >= 0.6 is 0 Å². The predicted molar refractivity (Wildman–Crippen MR) is 129 cm³/mol. The number of rotatable bonds is 14. The van der Waals surface area contributed by atoms with Gasteiger partial charge in [0.25, 0.3) is 0 Å². The first-order valence-electron chi connectivity index (χ1n) is 12.2. The number of carbonyl (C=O) groups is 3. The van der Waals surface area contributed by atoms with Crippen molar-refractivity contribution in [2.24, 2.45) is 11.8 Å². The van der Waals surface area contributed by atoms with Gasteiger partial charge in [-0.3, -0.25) is 24.5 Å². The van der Waals surface area contributed by atoms with Gasteiger partial charge in [-0.1, -0.05) is 44.2 Å². The van der Waals surface area contributed by atoms with E-state index < -0.39 is 18.0 Å². The van der Waals surface area contributed by atoms with Gasteiger partial charge >= 0.3 is 0 Å². The summed E-state index contributed by atoms with van der Waals surface area (Å²) in [5.74, 6) is -1.35. The third kappa shape index (κ3) is 9.04. The number of carbonyl (C=O) groups excluding carboxylic acids is 3. The number of amides is 3. The number of aryl methyl sites for hydroxylation is 1. The fourth-order valence-electron chi connectivity index (χ4n) is 4.11. The van der Waals surface area contributed by atoms with Crippen LogP contribution < -0.4 is 10.6 Å². The lowest BCUT2D eigenvalue weighted by atomic mass is 9.91. The smallest absolute Gasteiger partial charge is 0.242 e. The summed E-state index contributed by atoms with van der Waals surface area (Å²) in [6, 6.07) is 8.52. The summed E-state index contributed by atoms with van der Waals surface area (Å²) >= 11 is 0. The fourth-order valence-corrected chi connectivity index (χ4v) is 4.11. The van der Waals surface area contributed by atoms with E-state index in [1.54, 1.807) is 6.92 Å². The minimum atomic E-state index is -0.717. The standard InChI is InChI=1S/C25H40N4O5/c1-19(2)23(25(32)26-12-13-28-14-16-34-17-15-28)27-24(31)22(20(3)29(33)18-30)11-7-10-21-8-5-4-6-9-21/h4-6,8-9,18-20,22-23,33H,7,10-17H2,1-3H3,(H,26,32)(H,27,31)/t20-,22?,23?/m0/s1. The Morgan fingerprint density at radius 2 is 1.82 bits per heavy atom. The van der Waals surface area contributed by atoms with E-state index in [2.05, 4.69) is 15.5 Å². The Balaban J connectivity index is 1.95. The SMILES string of the molecule is CC(C)C(NC(=O)C(CCCc1ccccc1)[C@H](C)N(O)C=O)C(=O)NCCN1CCOCC1. The van der Waals surface area contributed by atoms with Crippen LogP contribution in [0.2, 0.25) is 0 Å². The molecule has 3 N–H and O–H groups in total. The van der Waals surface area contributed by atoms with Crippen molar-refractivity contribution in [3.05, 3.63) is 35.9 Å². The Bertz CT molecular complexity index is 755. The van der Waals surface area contributed by atoms with Crippen LogP contribution in [-0.2, 0) is 25.5 Å². The molecule has 2 unspecified atom stereocenters. The molecule has 9 heteroatoms. The Labute approximate surface area is 202 Å². The molecule has 1 saturated heterocycles. The van der Waals surface area contributed by atoms with E-state index in [0.717, 1.165) is 31.6 Å². The van der Waals surface area contributed by atoms with E-state index in [9.17, 15) is 19.6 Å². The number of benzene rings is 1. The second-order valence-corrected chi connectivity index (χ2v) is 9.19. The van der Waals surface area contributed by atoms with E-state index in [0.29, 0.717) is 44.1 Å². The quantitative estimate of drug-likeness (QED) is 0.213. The largest absolute Gasteiger partial charge is 0.379 e. The normalized spacial score (nSPS) is 17.0. The van der Waals surface area contributed by atoms with E-state index in [-0.39, 0.29) is 17.7 Å². The van der Waals surface area contributed by atoms with Gasteiger partial charge in [-0.2, -0.15) is 0 Å². The molecular weight excluding hydrogens is 436 g/mol. The van der Waals surface area contributed by atoms with Crippen LogP contribution in [0.1, 0.15) is 39.2 Å². The Kier molecular flexibility index (Phi) is 12.0. The molecule has 190 valence electrons. The van der Waals surface area contributed by atoms with Crippen molar-refractivity contribution in [3.63, 3.8) is 0 Å². The van der Waals surface area contributed by atoms with Gasteiger partial charge in [-0.25, -0.2) is 5.06 Å². The van der Waals surface area contributed by atoms with Gasteiger partial charge < -0.3 is 15.4 Å². The van der Waals surface area contributed by atoms with Gasteiger partial charge in [0.05, 0.1) is 25.2 Å². The Morgan fingerprint density at radius 1 is 1.15 bits per heavy atom. The molecule has 0 aromatic heterocycles. The van der Waals surface area contributed by atoms with Gasteiger partial charge in [0.1, 0.15) is 6.04 Å². The summed E-state index contributed by atoms with van der Waals surface area (Å²) in [5.41, 5.74) is 1.16. The lowest BCUT2D eigenvalue weighted by molar-refractivity contribution is -0.166. The maximum Gasteiger partial charge on any atom is 0.242 e. The summed E-state index contributed by atoms with van der Waals surface area (Å²) in [5, 5.41) is 16.3. The van der Waals surface area contributed by atoms with Crippen LogP contribution in [-0.4, -0.2) is 84.9 Å². The highest BCUT2D eigenvalue weighted by Gasteiger charge is 2.32. The molecular formula is C25H40N4O5. The van der Waals surface area contributed by atoms with Crippen molar-refractivity contribution >= 4 is 18.2 Å². The summed E-state index contributed by atoms with van der Waals surface area (Å²) < 4.78 is 5.34.